The van der Waals surface area contributed by atoms with Crippen LogP contribution in [0.3, 0.4) is 0 Å². The van der Waals surface area contributed by atoms with E-state index in [-0.39, 0.29) is 18.9 Å². The predicted octanol–water partition coefficient (Wildman–Crippen LogP) is 1.63. The molecule has 1 aromatic rings. The maximum absolute atomic E-state index is 12.3. The van der Waals surface area contributed by atoms with Gasteiger partial charge in [-0.05, 0) is 24.0 Å². The molecule has 1 N–H and O–H groups in total. The molecular weight excluding hydrogens is 316 g/mol. The SMILES string of the molecule is CC[C@H](C)c1ccccc1N1C[C@H](C(=O)NS(C)(=O)=O)CC1=O. The molecule has 7 heteroatoms. The van der Waals surface area contributed by atoms with Gasteiger partial charge < -0.3 is 4.90 Å². The molecule has 1 saturated heterocycles. The zero-order valence-corrected chi connectivity index (χ0v) is 14.4. The summed E-state index contributed by atoms with van der Waals surface area (Å²) >= 11 is 0. The molecule has 2 atom stereocenters. The van der Waals surface area contributed by atoms with Crippen LogP contribution in [-0.2, 0) is 19.6 Å². The maximum atomic E-state index is 12.3. The normalized spacial score (nSPS) is 19.7. The molecule has 1 aromatic carbocycles. The molecule has 0 saturated carbocycles. The number of benzene rings is 1. The molecular formula is C16H22N2O4S. The van der Waals surface area contributed by atoms with Crippen molar-refractivity contribution in [2.75, 3.05) is 17.7 Å². The number of nitrogens with zero attached hydrogens (tertiary/aromatic N) is 1. The van der Waals surface area contributed by atoms with Crippen molar-refractivity contribution in [3.63, 3.8) is 0 Å². The fourth-order valence-electron chi connectivity index (χ4n) is 2.75. The van der Waals surface area contributed by atoms with Crippen molar-refractivity contribution in [1.29, 1.82) is 0 Å². The minimum absolute atomic E-state index is 0.0240. The van der Waals surface area contributed by atoms with E-state index in [4.69, 9.17) is 0 Å². The summed E-state index contributed by atoms with van der Waals surface area (Å²) in [5, 5.41) is 0. The Morgan fingerprint density at radius 1 is 1.39 bits per heavy atom. The second-order valence-electron chi connectivity index (χ2n) is 6.01. The minimum atomic E-state index is -3.62. The summed E-state index contributed by atoms with van der Waals surface area (Å²) in [7, 11) is -3.62. The van der Waals surface area contributed by atoms with Gasteiger partial charge in [0.25, 0.3) is 0 Å². The molecule has 1 fully saturated rings. The molecule has 126 valence electrons. The van der Waals surface area contributed by atoms with Crippen LogP contribution in [0.25, 0.3) is 0 Å². The molecule has 0 radical (unpaired) electrons. The first-order valence-corrected chi connectivity index (χ1v) is 9.53. The molecule has 1 heterocycles. The number of sulfonamides is 1. The first-order chi connectivity index (χ1) is 10.7. The number of amides is 2. The molecule has 23 heavy (non-hydrogen) atoms. The highest BCUT2D eigenvalue weighted by Gasteiger charge is 2.37. The second kappa shape index (κ2) is 6.70. The number of hydrogen-bond donors (Lipinski definition) is 1. The van der Waals surface area contributed by atoms with E-state index >= 15 is 0 Å². The van der Waals surface area contributed by atoms with Crippen molar-refractivity contribution in [2.24, 2.45) is 5.92 Å². The van der Waals surface area contributed by atoms with E-state index < -0.39 is 21.8 Å². The number of carbonyl (C=O) groups is 2. The highest BCUT2D eigenvalue weighted by Crippen LogP contribution is 2.33. The standard InChI is InChI=1S/C16H22N2O4S/c1-4-11(2)13-7-5-6-8-14(13)18-10-12(9-15(18)19)16(20)17-23(3,21)22/h5-8,11-12H,4,9-10H2,1-3H3,(H,17,20)/t11-,12+/m0/s1. The molecule has 0 bridgehead atoms. The molecule has 1 aliphatic heterocycles. The minimum Gasteiger partial charge on any atom is -0.311 e. The molecule has 2 amide bonds. The van der Waals surface area contributed by atoms with E-state index in [1.54, 1.807) is 4.90 Å². The smallest absolute Gasteiger partial charge is 0.238 e. The average molecular weight is 338 g/mol. The summed E-state index contributed by atoms with van der Waals surface area (Å²) in [6, 6.07) is 7.65. The lowest BCUT2D eigenvalue weighted by Gasteiger charge is -2.23. The summed E-state index contributed by atoms with van der Waals surface area (Å²) in [6.45, 7) is 4.37. The van der Waals surface area contributed by atoms with Crippen LogP contribution >= 0.6 is 0 Å². The van der Waals surface area contributed by atoms with Crippen LogP contribution in [0.5, 0.6) is 0 Å². The number of carbonyl (C=O) groups excluding carboxylic acids is 2. The highest BCUT2D eigenvalue weighted by molar-refractivity contribution is 7.89. The van der Waals surface area contributed by atoms with E-state index in [1.807, 2.05) is 29.0 Å². The molecule has 2 rings (SSSR count). The van der Waals surface area contributed by atoms with Gasteiger partial charge in [0, 0.05) is 18.7 Å². The summed E-state index contributed by atoms with van der Waals surface area (Å²) in [6.07, 6.45) is 1.89. The van der Waals surface area contributed by atoms with Gasteiger partial charge in [0.2, 0.25) is 21.8 Å². The van der Waals surface area contributed by atoms with Gasteiger partial charge in [-0.2, -0.15) is 0 Å². The molecule has 0 aromatic heterocycles. The predicted molar refractivity (Wildman–Crippen MR) is 88.6 cm³/mol. The van der Waals surface area contributed by atoms with Gasteiger partial charge in [-0.25, -0.2) is 8.42 Å². The van der Waals surface area contributed by atoms with Crippen LogP contribution < -0.4 is 9.62 Å². The van der Waals surface area contributed by atoms with E-state index in [1.165, 1.54) is 0 Å². The molecule has 1 aliphatic rings. The Balaban J connectivity index is 2.23. The Kier molecular flexibility index (Phi) is 5.09. The zero-order chi connectivity index (χ0) is 17.2. The number of anilines is 1. The van der Waals surface area contributed by atoms with E-state index in [0.29, 0.717) is 5.92 Å². The summed E-state index contributed by atoms with van der Waals surface area (Å²) in [5.41, 5.74) is 1.87. The monoisotopic (exact) mass is 338 g/mol. The number of hydrogen-bond acceptors (Lipinski definition) is 4. The van der Waals surface area contributed by atoms with Gasteiger partial charge in [0.15, 0.2) is 0 Å². The third-order valence-corrected chi connectivity index (χ3v) is 4.72. The third kappa shape index (κ3) is 4.10. The van der Waals surface area contributed by atoms with Crippen molar-refractivity contribution in [3.05, 3.63) is 29.8 Å². The van der Waals surface area contributed by atoms with Gasteiger partial charge in [-0.3, -0.25) is 14.3 Å². The van der Waals surface area contributed by atoms with E-state index in [0.717, 1.165) is 23.9 Å². The first kappa shape index (κ1) is 17.5. The van der Waals surface area contributed by atoms with Crippen LogP contribution in [-0.4, -0.2) is 33.0 Å². The maximum Gasteiger partial charge on any atom is 0.238 e. The van der Waals surface area contributed by atoms with Crippen LogP contribution in [0.1, 0.15) is 38.2 Å². The Hall–Kier alpha value is -1.89. The summed E-state index contributed by atoms with van der Waals surface area (Å²) < 4.78 is 24.3. The number of rotatable bonds is 5. The van der Waals surface area contributed by atoms with Crippen molar-refractivity contribution < 1.29 is 18.0 Å². The lowest BCUT2D eigenvalue weighted by molar-refractivity contribution is -0.124. The van der Waals surface area contributed by atoms with Gasteiger partial charge in [0.05, 0.1) is 12.2 Å². The highest BCUT2D eigenvalue weighted by atomic mass is 32.2. The van der Waals surface area contributed by atoms with Crippen molar-refractivity contribution in [1.82, 2.24) is 4.72 Å². The fourth-order valence-corrected chi connectivity index (χ4v) is 3.28. The number of nitrogens with one attached hydrogen (secondary N) is 1. The average Bonchev–Trinajstić information content (AvgIpc) is 2.87. The summed E-state index contributed by atoms with van der Waals surface area (Å²) in [5.74, 6) is -1.14. The molecule has 0 aliphatic carbocycles. The van der Waals surface area contributed by atoms with Gasteiger partial charge in [-0.15, -0.1) is 0 Å². The molecule has 6 nitrogen and oxygen atoms in total. The number of para-hydroxylation sites is 1. The first-order valence-electron chi connectivity index (χ1n) is 7.63. The Morgan fingerprint density at radius 2 is 2.04 bits per heavy atom. The van der Waals surface area contributed by atoms with Crippen LogP contribution in [0.15, 0.2) is 24.3 Å². The zero-order valence-electron chi connectivity index (χ0n) is 13.6. The van der Waals surface area contributed by atoms with E-state index in [2.05, 4.69) is 13.8 Å². The fraction of sp³-hybridized carbons (Fsp3) is 0.500. The third-order valence-electron chi connectivity index (χ3n) is 4.15. The van der Waals surface area contributed by atoms with Crippen molar-refractivity contribution in [3.8, 4) is 0 Å². The molecule has 0 unspecified atom stereocenters. The molecule has 0 spiro atoms. The topological polar surface area (TPSA) is 83.6 Å². The van der Waals surface area contributed by atoms with Crippen molar-refractivity contribution >= 4 is 27.5 Å². The Bertz CT molecular complexity index is 715. The lowest BCUT2D eigenvalue weighted by atomic mass is 9.96. The van der Waals surface area contributed by atoms with E-state index in [9.17, 15) is 18.0 Å². The van der Waals surface area contributed by atoms with Crippen LogP contribution in [0.2, 0.25) is 0 Å². The summed E-state index contributed by atoms with van der Waals surface area (Å²) in [4.78, 5) is 25.9. The lowest BCUT2D eigenvalue weighted by Crippen LogP contribution is -2.36. The Labute approximate surface area is 136 Å². The van der Waals surface area contributed by atoms with Crippen LogP contribution in [0.4, 0.5) is 5.69 Å². The largest absolute Gasteiger partial charge is 0.311 e. The second-order valence-corrected chi connectivity index (χ2v) is 7.76. The van der Waals surface area contributed by atoms with Crippen molar-refractivity contribution in [2.45, 2.75) is 32.6 Å². The van der Waals surface area contributed by atoms with Gasteiger partial charge >= 0.3 is 0 Å². The quantitative estimate of drug-likeness (QED) is 0.884. The van der Waals surface area contributed by atoms with Gasteiger partial charge in [-0.1, -0.05) is 32.0 Å². The van der Waals surface area contributed by atoms with Crippen LogP contribution in [0, 0.1) is 5.92 Å². The van der Waals surface area contributed by atoms with Gasteiger partial charge in [0.1, 0.15) is 0 Å². The Morgan fingerprint density at radius 3 is 2.65 bits per heavy atom.